The first-order valence-corrected chi connectivity index (χ1v) is 14.9. The molecule has 0 spiro atoms. The number of nitrogens with one attached hydrogen (secondary N) is 1. The summed E-state index contributed by atoms with van der Waals surface area (Å²) in [5.41, 5.74) is 4.62. The second-order valence-electron chi connectivity index (χ2n) is 11.4. The zero-order valence-electron chi connectivity index (χ0n) is 24.1. The molecule has 220 valence electrons. The molecule has 2 heterocycles. The second kappa shape index (κ2) is 14.6. The smallest absolute Gasteiger partial charge is 0.142 e. The number of rotatable bonds is 15. The number of aliphatic hydroxyl groups is 1. The van der Waals surface area contributed by atoms with Gasteiger partial charge in [-0.2, -0.15) is 0 Å². The van der Waals surface area contributed by atoms with Crippen molar-refractivity contribution in [2.45, 2.75) is 63.6 Å². The molecule has 40 heavy (non-hydrogen) atoms. The molecule has 0 bridgehead atoms. The number of piperidine rings is 1. The van der Waals surface area contributed by atoms with E-state index in [0.717, 1.165) is 68.7 Å². The lowest BCUT2D eigenvalue weighted by Gasteiger charge is -2.39. The predicted molar refractivity (Wildman–Crippen MR) is 155 cm³/mol. The number of nitrogens with zero attached hydrogens (tertiary/aromatic N) is 1. The molecule has 4 atom stereocenters. The van der Waals surface area contributed by atoms with Crippen LogP contribution in [0.2, 0.25) is 0 Å². The molecule has 2 aliphatic heterocycles. The van der Waals surface area contributed by atoms with Crippen molar-refractivity contribution in [3.05, 3.63) is 59.2 Å². The maximum atomic E-state index is 9.89. The molecule has 5 rings (SSSR count). The van der Waals surface area contributed by atoms with Crippen LogP contribution >= 0.6 is 0 Å². The van der Waals surface area contributed by atoms with E-state index in [-0.39, 0.29) is 18.1 Å². The minimum atomic E-state index is -0.516. The summed E-state index contributed by atoms with van der Waals surface area (Å²) < 4.78 is 29.9. The van der Waals surface area contributed by atoms with E-state index in [4.69, 9.17) is 23.7 Å². The first-order chi connectivity index (χ1) is 19.6. The fourth-order valence-electron chi connectivity index (χ4n) is 5.59. The molecule has 8 heteroatoms. The topological polar surface area (TPSA) is 81.7 Å². The Labute approximate surface area is 238 Å². The van der Waals surface area contributed by atoms with E-state index in [0.29, 0.717) is 26.4 Å². The zero-order valence-corrected chi connectivity index (χ0v) is 24.1. The highest BCUT2D eigenvalue weighted by Crippen LogP contribution is 2.35. The molecule has 3 aliphatic rings. The Balaban J connectivity index is 1.26. The molecule has 0 aromatic heterocycles. The van der Waals surface area contributed by atoms with E-state index in [1.165, 1.54) is 24.0 Å². The minimum absolute atomic E-state index is 0.0490. The number of anilines is 1. The molecule has 2 aromatic rings. The van der Waals surface area contributed by atoms with Crippen LogP contribution < -0.4 is 15.0 Å². The third-order valence-corrected chi connectivity index (χ3v) is 7.95. The van der Waals surface area contributed by atoms with E-state index in [1.54, 1.807) is 14.0 Å². The number of hydrogen-bond acceptors (Lipinski definition) is 8. The number of hydrogen-bond donors (Lipinski definition) is 2. The highest BCUT2D eigenvalue weighted by atomic mass is 16.5. The Kier molecular flexibility index (Phi) is 10.7. The van der Waals surface area contributed by atoms with Crippen molar-refractivity contribution in [3.8, 4) is 5.75 Å². The molecule has 1 saturated heterocycles. The molecule has 8 nitrogen and oxygen atoms in total. The van der Waals surface area contributed by atoms with Crippen LogP contribution in [0.25, 0.3) is 0 Å². The summed E-state index contributed by atoms with van der Waals surface area (Å²) >= 11 is 0. The van der Waals surface area contributed by atoms with Gasteiger partial charge in [-0.15, -0.1) is 0 Å². The lowest BCUT2D eigenvalue weighted by molar-refractivity contribution is -0.0752. The van der Waals surface area contributed by atoms with Crippen LogP contribution in [0.4, 0.5) is 5.69 Å². The maximum absolute atomic E-state index is 9.89. The van der Waals surface area contributed by atoms with Crippen LogP contribution in [0.3, 0.4) is 0 Å². The van der Waals surface area contributed by atoms with Gasteiger partial charge in [0.25, 0.3) is 0 Å². The number of fused-ring (bicyclic) bond motifs is 1. The highest BCUT2D eigenvalue weighted by Gasteiger charge is 2.36. The minimum Gasteiger partial charge on any atom is -0.490 e. The first kappa shape index (κ1) is 29.3. The summed E-state index contributed by atoms with van der Waals surface area (Å²) in [6.45, 7) is 8.78. The van der Waals surface area contributed by atoms with Crippen LogP contribution in [0.1, 0.15) is 48.8 Å². The van der Waals surface area contributed by atoms with E-state index >= 15 is 0 Å². The first-order valence-electron chi connectivity index (χ1n) is 14.9. The van der Waals surface area contributed by atoms with Crippen molar-refractivity contribution >= 4 is 5.69 Å². The average Bonchev–Trinajstić information content (AvgIpc) is 3.80. The van der Waals surface area contributed by atoms with E-state index in [9.17, 15) is 5.11 Å². The van der Waals surface area contributed by atoms with Crippen molar-refractivity contribution in [2.24, 2.45) is 5.92 Å². The third kappa shape index (κ3) is 8.18. The molecule has 2 fully saturated rings. The van der Waals surface area contributed by atoms with Gasteiger partial charge in [0.05, 0.1) is 50.4 Å². The standard InChI is InChI=1S/C32H46N2O6/c1-23(35)19-39-30-17-33-18-31(32(30)27-9-6-25(7-10-27)21-37-20-24-4-5-24)40-22-26-8-11-29-28(16-26)34(13-15-38-29)12-3-14-36-2/h6-11,16,23-24,30-33,35H,3-5,12-15,17-22H2,1-2H3/t23?,30-,31+,32?/m1/s1. The second-order valence-corrected chi connectivity index (χ2v) is 11.4. The zero-order chi connectivity index (χ0) is 27.7. The predicted octanol–water partition coefficient (Wildman–Crippen LogP) is 3.89. The summed E-state index contributed by atoms with van der Waals surface area (Å²) in [7, 11) is 1.74. The summed E-state index contributed by atoms with van der Waals surface area (Å²) in [5, 5.41) is 13.4. The molecule has 2 aromatic carbocycles. The molecule has 2 unspecified atom stereocenters. The molecule has 0 radical (unpaired) electrons. The fourth-order valence-corrected chi connectivity index (χ4v) is 5.59. The summed E-state index contributed by atoms with van der Waals surface area (Å²) in [6.07, 6.45) is 2.89. The van der Waals surface area contributed by atoms with Crippen molar-refractivity contribution in [3.63, 3.8) is 0 Å². The van der Waals surface area contributed by atoms with Gasteiger partial charge in [0.1, 0.15) is 12.4 Å². The Hall–Kier alpha value is -2.20. The Morgan fingerprint density at radius 2 is 1.80 bits per heavy atom. The molecule has 1 aliphatic carbocycles. The Morgan fingerprint density at radius 3 is 2.55 bits per heavy atom. The average molecular weight is 555 g/mol. The van der Waals surface area contributed by atoms with Gasteiger partial charge in [-0.25, -0.2) is 0 Å². The van der Waals surface area contributed by atoms with Gasteiger partial charge < -0.3 is 39.0 Å². The third-order valence-electron chi connectivity index (χ3n) is 7.95. The van der Waals surface area contributed by atoms with Gasteiger partial charge in [0, 0.05) is 45.9 Å². The van der Waals surface area contributed by atoms with Crippen LogP contribution in [0.5, 0.6) is 5.75 Å². The maximum Gasteiger partial charge on any atom is 0.142 e. The van der Waals surface area contributed by atoms with Gasteiger partial charge in [-0.05, 0) is 60.9 Å². The van der Waals surface area contributed by atoms with Gasteiger partial charge in [0.15, 0.2) is 0 Å². The fraction of sp³-hybridized carbons (Fsp3) is 0.625. The van der Waals surface area contributed by atoms with Crippen LogP contribution in [-0.2, 0) is 32.2 Å². The Bertz CT molecular complexity index is 1040. The molecule has 0 amide bonds. The van der Waals surface area contributed by atoms with Crippen molar-refractivity contribution in [1.29, 1.82) is 0 Å². The SMILES string of the molecule is COCCCN1CCOc2ccc(CO[C@H]3CNC[C@@H](OCC(C)O)C3c3ccc(COCC4CC4)cc3)cc21. The Morgan fingerprint density at radius 1 is 1.02 bits per heavy atom. The molecule has 1 saturated carbocycles. The van der Waals surface area contributed by atoms with Gasteiger partial charge in [-0.1, -0.05) is 30.3 Å². The number of ether oxygens (including phenoxy) is 5. The van der Waals surface area contributed by atoms with E-state index in [2.05, 4.69) is 52.7 Å². The molecular formula is C32H46N2O6. The van der Waals surface area contributed by atoms with Crippen molar-refractivity contribution in [2.75, 3.05) is 64.6 Å². The van der Waals surface area contributed by atoms with Gasteiger partial charge >= 0.3 is 0 Å². The van der Waals surface area contributed by atoms with E-state index < -0.39 is 6.10 Å². The lowest BCUT2D eigenvalue weighted by Crippen LogP contribution is -2.51. The number of aliphatic hydroxyl groups excluding tert-OH is 1. The normalized spacial score (nSPS) is 23.5. The summed E-state index contributed by atoms with van der Waals surface area (Å²) in [5.74, 6) is 1.74. The van der Waals surface area contributed by atoms with Crippen molar-refractivity contribution in [1.82, 2.24) is 5.32 Å². The van der Waals surface area contributed by atoms with E-state index in [1.807, 2.05) is 0 Å². The largest absolute Gasteiger partial charge is 0.490 e. The number of benzene rings is 2. The van der Waals surface area contributed by atoms with Crippen LogP contribution in [0.15, 0.2) is 42.5 Å². The lowest BCUT2D eigenvalue weighted by atomic mass is 9.85. The summed E-state index contributed by atoms with van der Waals surface area (Å²) in [6, 6.07) is 15.1. The molecular weight excluding hydrogens is 508 g/mol. The quantitative estimate of drug-likeness (QED) is 0.321. The molecule has 2 N–H and O–H groups in total. The van der Waals surface area contributed by atoms with Gasteiger partial charge in [-0.3, -0.25) is 0 Å². The van der Waals surface area contributed by atoms with Crippen LogP contribution in [0, 0.1) is 5.92 Å². The number of methoxy groups -OCH3 is 1. The van der Waals surface area contributed by atoms with Gasteiger partial charge in [0.2, 0.25) is 0 Å². The summed E-state index contributed by atoms with van der Waals surface area (Å²) in [4.78, 5) is 2.38. The van der Waals surface area contributed by atoms with Crippen molar-refractivity contribution < 1.29 is 28.8 Å². The van der Waals surface area contributed by atoms with Crippen LogP contribution in [-0.4, -0.2) is 83.1 Å². The highest BCUT2D eigenvalue weighted by molar-refractivity contribution is 5.61. The monoisotopic (exact) mass is 554 g/mol.